The molecule has 1 aromatic carbocycles. The lowest BCUT2D eigenvalue weighted by atomic mass is 9.87. The van der Waals surface area contributed by atoms with Crippen LogP contribution in [0.15, 0.2) is 29.2 Å². The summed E-state index contributed by atoms with van der Waals surface area (Å²) in [5.41, 5.74) is 0. The van der Waals surface area contributed by atoms with Crippen molar-refractivity contribution in [1.29, 1.82) is 5.26 Å². The lowest BCUT2D eigenvalue weighted by Gasteiger charge is -2.26. The predicted octanol–water partition coefficient (Wildman–Crippen LogP) is 3.59. The number of hydrogen-bond donors (Lipinski definition) is 0. The largest absolute Gasteiger partial charge is 0.223 e. The highest BCUT2D eigenvalue weighted by atomic mass is 35.5. The Morgan fingerprint density at radius 3 is 2.26 bits per heavy atom. The van der Waals surface area contributed by atoms with E-state index in [9.17, 15) is 8.42 Å². The Balaban J connectivity index is 2.10. The van der Waals surface area contributed by atoms with E-state index in [1.54, 1.807) is 24.3 Å². The van der Waals surface area contributed by atoms with Crippen molar-refractivity contribution in [2.75, 3.05) is 0 Å². The fourth-order valence-electron chi connectivity index (χ4n) is 2.59. The highest BCUT2D eigenvalue weighted by Gasteiger charge is 2.31. The molecular weight excluding hydrogens is 282 g/mol. The van der Waals surface area contributed by atoms with Gasteiger partial charge in [0.05, 0.1) is 16.2 Å². The average Bonchev–Trinajstić information content (AvgIpc) is 2.40. The highest BCUT2D eigenvalue weighted by Crippen LogP contribution is 2.33. The molecule has 0 spiro atoms. The first-order chi connectivity index (χ1) is 9.04. The maximum absolute atomic E-state index is 12.5. The van der Waals surface area contributed by atoms with Gasteiger partial charge in [-0.1, -0.05) is 11.6 Å². The van der Waals surface area contributed by atoms with Crippen LogP contribution in [0, 0.1) is 17.2 Å². The Bertz CT molecular complexity index is 566. The van der Waals surface area contributed by atoms with Crippen LogP contribution in [0.25, 0.3) is 0 Å². The molecule has 1 fully saturated rings. The van der Waals surface area contributed by atoms with Crippen LogP contribution >= 0.6 is 11.6 Å². The maximum Gasteiger partial charge on any atom is 0.181 e. The molecule has 1 aromatic rings. The van der Waals surface area contributed by atoms with Crippen LogP contribution in [-0.4, -0.2) is 13.7 Å². The first-order valence-corrected chi connectivity index (χ1v) is 8.33. The first-order valence-electron chi connectivity index (χ1n) is 6.40. The fraction of sp³-hybridized carbons (Fsp3) is 0.500. The summed E-state index contributed by atoms with van der Waals surface area (Å²) in [4.78, 5) is 0.348. The first kappa shape index (κ1) is 14.4. The third-order valence-corrected chi connectivity index (χ3v) is 6.29. The minimum Gasteiger partial charge on any atom is -0.223 e. The molecule has 3 nitrogen and oxygen atoms in total. The summed E-state index contributed by atoms with van der Waals surface area (Å²) in [6.07, 6.45) is 3.48. The van der Waals surface area contributed by atoms with Crippen LogP contribution in [0.5, 0.6) is 0 Å². The summed E-state index contributed by atoms with van der Waals surface area (Å²) in [6, 6.07) is 8.52. The minimum atomic E-state index is -3.26. The second-order valence-corrected chi connectivity index (χ2v) is 7.67. The third-order valence-electron chi connectivity index (χ3n) is 3.75. The Morgan fingerprint density at radius 1 is 1.16 bits per heavy atom. The van der Waals surface area contributed by atoms with Gasteiger partial charge in [-0.15, -0.1) is 0 Å². The standard InChI is InChI=1S/C14H16ClNO2S/c15-12-3-7-14(8-4-12)19(17,18)13-5-1-11(2-6-13)9-10-16/h3-4,7-8,11,13H,1-2,5-6,9H2. The Kier molecular flexibility index (Phi) is 4.49. The number of hydrogen-bond acceptors (Lipinski definition) is 3. The van der Waals surface area contributed by atoms with Crippen LogP contribution in [0.2, 0.25) is 5.02 Å². The van der Waals surface area contributed by atoms with Gasteiger partial charge in [0, 0.05) is 11.4 Å². The fourth-order valence-corrected chi connectivity index (χ4v) is 4.51. The second-order valence-electron chi connectivity index (χ2n) is 5.00. The van der Waals surface area contributed by atoms with Gasteiger partial charge < -0.3 is 0 Å². The van der Waals surface area contributed by atoms with Gasteiger partial charge in [0.15, 0.2) is 9.84 Å². The predicted molar refractivity (Wildman–Crippen MR) is 74.6 cm³/mol. The molecule has 1 saturated carbocycles. The van der Waals surface area contributed by atoms with Crippen LogP contribution < -0.4 is 0 Å². The third kappa shape index (κ3) is 3.29. The number of rotatable bonds is 3. The lowest BCUT2D eigenvalue weighted by molar-refractivity contribution is 0.362. The van der Waals surface area contributed by atoms with E-state index < -0.39 is 9.84 Å². The molecule has 0 amide bonds. The molecule has 0 aromatic heterocycles. The summed E-state index contributed by atoms with van der Waals surface area (Å²) in [6.45, 7) is 0. The van der Waals surface area contributed by atoms with Crippen molar-refractivity contribution < 1.29 is 8.42 Å². The van der Waals surface area contributed by atoms with E-state index in [0.29, 0.717) is 35.1 Å². The molecule has 0 atom stereocenters. The molecule has 1 aliphatic carbocycles. The van der Waals surface area contributed by atoms with Gasteiger partial charge in [0.2, 0.25) is 0 Å². The summed E-state index contributed by atoms with van der Waals surface area (Å²) < 4.78 is 24.9. The molecule has 0 bridgehead atoms. The van der Waals surface area contributed by atoms with Crippen molar-refractivity contribution in [1.82, 2.24) is 0 Å². The zero-order valence-electron chi connectivity index (χ0n) is 10.5. The molecule has 0 unspecified atom stereocenters. The molecule has 102 valence electrons. The van der Waals surface area contributed by atoms with E-state index in [1.165, 1.54) is 0 Å². The van der Waals surface area contributed by atoms with Crippen molar-refractivity contribution in [3.63, 3.8) is 0 Å². The zero-order chi connectivity index (χ0) is 13.9. The lowest BCUT2D eigenvalue weighted by Crippen LogP contribution is -2.27. The van der Waals surface area contributed by atoms with Crippen LogP contribution in [0.3, 0.4) is 0 Å². The van der Waals surface area contributed by atoms with Gasteiger partial charge in [-0.3, -0.25) is 0 Å². The van der Waals surface area contributed by atoms with Crippen molar-refractivity contribution >= 4 is 21.4 Å². The summed E-state index contributed by atoms with van der Waals surface area (Å²) >= 11 is 5.78. The summed E-state index contributed by atoms with van der Waals surface area (Å²) in [5, 5.41) is 8.89. The van der Waals surface area contributed by atoms with Crippen LogP contribution in [0.4, 0.5) is 0 Å². The average molecular weight is 298 g/mol. The van der Waals surface area contributed by atoms with Crippen LogP contribution in [0.1, 0.15) is 32.1 Å². The van der Waals surface area contributed by atoms with Gasteiger partial charge in [-0.2, -0.15) is 5.26 Å². The van der Waals surface area contributed by atoms with Crippen molar-refractivity contribution in [3.05, 3.63) is 29.3 Å². The summed E-state index contributed by atoms with van der Waals surface area (Å²) in [7, 11) is -3.26. The Morgan fingerprint density at radius 2 is 1.74 bits per heavy atom. The topological polar surface area (TPSA) is 57.9 Å². The highest BCUT2D eigenvalue weighted by molar-refractivity contribution is 7.92. The SMILES string of the molecule is N#CCC1CCC(S(=O)(=O)c2ccc(Cl)cc2)CC1. The smallest absolute Gasteiger partial charge is 0.181 e. The van der Waals surface area contributed by atoms with E-state index in [2.05, 4.69) is 6.07 Å². The maximum atomic E-state index is 12.5. The number of sulfone groups is 1. The molecule has 19 heavy (non-hydrogen) atoms. The van der Waals surface area contributed by atoms with Crippen molar-refractivity contribution in [3.8, 4) is 6.07 Å². The number of halogens is 1. The molecular formula is C14H16ClNO2S. The van der Waals surface area contributed by atoms with Gasteiger partial charge in [-0.05, 0) is 55.9 Å². The van der Waals surface area contributed by atoms with E-state index in [1.807, 2.05) is 0 Å². The van der Waals surface area contributed by atoms with E-state index in [-0.39, 0.29) is 5.25 Å². The van der Waals surface area contributed by atoms with Crippen molar-refractivity contribution in [2.24, 2.45) is 5.92 Å². The molecule has 1 aliphatic rings. The molecule has 0 radical (unpaired) electrons. The van der Waals surface area contributed by atoms with Gasteiger partial charge in [-0.25, -0.2) is 8.42 Å². The van der Waals surface area contributed by atoms with E-state index in [4.69, 9.17) is 16.9 Å². The van der Waals surface area contributed by atoms with E-state index in [0.717, 1.165) is 12.8 Å². The minimum absolute atomic E-state index is 0.316. The van der Waals surface area contributed by atoms with E-state index >= 15 is 0 Å². The number of benzene rings is 1. The number of nitriles is 1. The molecule has 0 heterocycles. The normalized spacial score (nSPS) is 23.8. The van der Waals surface area contributed by atoms with Crippen molar-refractivity contribution in [2.45, 2.75) is 42.2 Å². The monoisotopic (exact) mass is 297 g/mol. The second kappa shape index (κ2) is 5.94. The quantitative estimate of drug-likeness (QED) is 0.856. The molecule has 5 heteroatoms. The van der Waals surface area contributed by atoms with Crippen LogP contribution in [-0.2, 0) is 9.84 Å². The molecule has 0 saturated heterocycles. The Hall–Kier alpha value is -1.05. The summed E-state index contributed by atoms with van der Waals surface area (Å²) in [5.74, 6) is 0.363. The number of nitrogens with zero attached hydrogens (tertiary/aromatic N) is 1. The Labute approximate surface area is 119 Å². The van der Waals surface area contributed by atoms with Gasteiger partial charge in [0.1, 0.15) is 0 Å². The van der Waals surface area contributed by atoms with Gasteiger partial charge >= 0.3 is 0 Å². The van der Waals surface area contributed by atoms with Gasteiger partial charge in [0.25, 0.3) is 0 Å². The zero-order valence-corrected chi connectivity index (χ0v) is 12.1. The molecule has 0 N–H and O–H groups in total. The molecule has 0 aliphatic heterocycles. The molecule has 2 rings (SSSR count).